The molecule has 0 saturated heterocycles. The summed E-state index contributed by atoms with van der Waals surface area (Å²) < 4.78 is 0. The third-order valence-electron chi connectivity index (χ3n) is 21.3. The van der Waals surface area contributed by atoms with Gasteiger partial charge < -0.3 is 120 Å². The number of unbranched alkanes of at least 4 members (excludes halogenated alkanes) is 6. The van der Waals surface area contributed by atoms with E-state index in [2.05, 4.69) is 74.4 Å². The maximum absolute atomic E-state index is 14.9. The van der Waals surface area contributed by atoms with Crippen LogP contribution in [-0.4, -0.2) is 219 Å². The number of carbonyl (C=O) groups excluding carboxylic acids is 15. The lowest BCUT2D eigenvalue weighted by Gasteiger charge is -2.30. The van der Waals surface area contributed by atoms with E-state index in [1.165, 1.54) is 0 Å². The van der Waals surface area contributed by atoms with E-state index in [1.807, 2.05) is 125 Å². The lowest BCUT2D eigenvalue weighted by Crippen LogP contribution is -2.61. The van der Waals surface area contributed by atoms with Crippen molar-refractivity contribution < 1.29 is 71.9 Å². The van der Waals surface area contributed by atoms with Gasteiger partial charge in [-0.05, 0) is 259 Å². The smallest absolute Gasteiger partial charge is 0.243 e. The van der Waals surface area contributed by atoms with Crippen molar-refractivity contribution >= 4 is 88.6 Å². The van der Waals surface area contributed by atoms with Crippen molar-refractivity contribution in [2.75, 3.05) is 39.3 Å². The average Bonchev–Trinajstić information content (AvgIpc) is 0.855. The third kappa shape index (κ3) is 52.9. The minimum absolute atomic E-state index is 0.00191. The number of carbonyl (C=O) groups is 15. The summed E-state index contributed by atoms with van der Waals surface area (Å²) in [7, 11) is 0. The molecular weight excluding hydrogens is 1630 g/mol. The van der Waals surface area contributed by atoms with Crippen LogP contribution in [0.5, 0.6) is 0 Å². The first-order chi connectivity index (χ1) is 59.6. The van der Waals surface area contributed by atoms with Crippen molar-refractivity contribution in [2.45, 2.75) is 389 Å². The number of hydrogen-bond donors (Lipinski definition) is 22. The fourth-order valence-electron chi connectivity index (χ4n) is 14.6. The van der Waals surface area contributed by atoms with E-state index in [-0.39, 0.29) is 182 Å². The fraction of sp³-hybridized carbons (Fsp3) is 0.833. The zero-order valence-corrected chi connectivity index (χ0v) is 80.4. The Morgan fingerprint density at radius 3 is 0.543 bits per heavy atom. The van der Waals surface area contributed by atoms with Crippen molar-refractivity contribution in [3.63, 3.8) is 0 Å². The first-order valence-electron chi connectivity index (χ1n) is 47.2. The highest BCUT2D eigenvalue weighted by atomic mass is 16.2. The molecule has 127 heavy (non-hydrogen) atoms. The van der Waals surface area contributed by atoms with Crippen LogP contribution < -0.4 is 120 Å². The Morgan fingerprint density at radius 2 is 0.354 bits per heavy atom. The largest absolute Gasteiger partial charge is 0.368 e. The van der Waals surface area contributed by atoms with Gasteiger partial charge in [0.1, 0.15) is 78.5 Å². The lowest BCUT2D eigenvalue weighted by atomic mass is 9.98. The second-order valence-corrected chi connectivity index (χ2v) is 38.3. The standard InChI is InChI=1S/C90H174N22O15/c1-52(2)43-62(97)77(114)99-42-30-24-31-61(96)78(115)106-69(45-54(5)6)88(125)110-70(46-55(7)8)84(121)102-63(32-19-25-37-91)79(116)100-65(34-21-27-39-93)81(118)108-74(50-59(15)16)89(126)111-71(47-56(9)10)85(122)103-64(33-20-26-38-92)80(117)101-66(35-22-28-40-94)82(119)109-75(51-60(17)18)90(127)112-72(48-57(11)12)86(123)104-67(36-23-29-41-95)83(120)107-73(49-58(13)14)87(124)105-68(76(98)113)44-53(3)4/h52-75H,19-51,91-97H2,1-18H3,(H2,98,113)(H,99,114)(H,100,116)(H,101,117)(H,102,121)(H,103,122)(H,104,123)(H,105,124)(H,106,115)(H,107,120)(H,108,118)(H,109,119)(H,110,125)(H,111,126)(H,112,127)/t61-,62-,63-,64-,65-,66-,67-,68-,69-,70-,71-,72-,73-,74-,75-/m0/s1. The van der Waals surface area contributed by atoms with Crippen LogP contribution in [0, 0.1) is 53.3 Å². The maximum atomic E-state index is 14.9. The zero-order valence-electron chi connectivity index (χ0n) is 80.4. The van der Waals surface area contributed by atoms with E-state index in [0.717, 1.165) is 0 Å². The molecule has 15 atom stereocenters. The Kier molecular flexibility index (Phi) is 61.9. The zero-order chi connectivity index (χ0) is 96.8. The summed E-state index contributed by atoms with van der Waals surface area (Å²) in [6.07, 6.45) is 7.17. The first-order valence-corrected chi connectivity index (χ1v) is 47.2. The monoisotopic (exact) mass is 1800 g/mol. The van der Waals surface area contributed by atoms with E-state index < -0.39 is 173 Å². The van der Waals surface area contributed by atoms with Gasteiger partial charge in [-0.3, -0.25) is 71.9 Å². The van der Waals surface area contributed by atoms with Gasteiger partial charge in [-0.15, -0.1) is 0 Å². The van der Waals surface area contributed by atoms with Gasteiger partial charge in [0.2, 0.25) is 88.6 Å². The minimum Gasteiger partial charge on any atom is -0.368 e. The van der Waals surface area contributed by atoms with Gasteiger partial charge in [-0.2, -0.15) is 0 Å². The van der Waals surface area contributed by atoms with Crippen molar-refractivity contribution in [2.24, 2.45) is 99.1 Å². The minimum atomic E-state index is -1.32. The normalized spacial score (nSPS) is 15.3. The van der Waals surface area contributed by atoms with Gasteiger partial charge in [-0.1, -0.05) is 125 Å². The van der Waals surface area contributed by atoms with Crippen molar-refractivity contribution in [1.82, 2.24) is 74.4 Å². The predicted molar refractivity (Wildman–Crippen MR) is 497 cm³/mol. The predicted octanol–water partition coefficient (Wildman–Crippen LogP) is 1.78. The van der Waals surface area contributed by atoms with Crippen LogP contribution in [0.3, 0.4) is 0 Å². The summed E-state index contributed by atoms with van der Waals surface area (Å²) in [5.74, 6) is -11.2. The lowest BCUT2D eigenvalue weighted by molar-refractivity contribution is -0.137. The number of amides is 15. The molecule has 0 aliphatic heterocycles. The molecule has 15 amide bonds. The van der Waals surface area contributed by atoms with Crippen LogP contribution in [0.25, 0.3) is 0 Å². The average molecular weight is 1800 g/mol. The molecule has 0 aromatic heterocycles. The molecule has 30 N–H and O–H groups in total. The molecule has 0 bridgehead atoms. The van der Waals surface area contributed by atoms with Gasteiger partial charge >= 0.3 is 0 Å². The highest BCUT2D eigenvalue weighted by Crippen LogP contribution is 2.19. The van der Waals surface area contributed by atoms with Crippen LogP contribution in [0.4, 0.5) is 0 Å². The van der Waals surface area contributed by atoms with Gasteiger partial charge in [0, 0.05) is 6.54 Å². The van der Waals surface area contributed by atoms with Gasteiger partial charge in [0.15, 0.2) is 0 Å². The molecule has 0 heterocycles. The summed E-state index contributed by atoms with van der Waals surface area (Å²) in [6.45, 7) is 35.1. The number of nitrogens with one attached hydrogen (secondary N) is 14. The third-order valence-corrected chi connectivity index (χ3v) is 21.3. The molecule has 0 aliphatic carbocycles. The Morgan fingerprint density at radius 1 is 0.189 bits per heavy atom. The number of nitrogens with two attached hydrogens (primary N) is 8. The quantitative estimate of drug-likeness (QED) is 0.0386. The molecule has 0 radical (unpaired) electrons. The van der Waals surface area contributed by atoms with E-state index in [1.54, 1.807) is 0 Å². The highest BCUT2D eigenvalue weighted by Gasteiger charge is 2.39. The van der Waals surface area contributed by atoms with Crippen LogP contribution >= 0.6 is 0 Å². The molecular formula is C90H174N22O15. The number of rotatable bonds is 71. The molecule has 0 spiro atoms. The van der Waals surface area contributed by atoms with Crippen LogP contribution in [0.2, 0.25) is 0 Å². The van der Waals surface area contributed by atoms with Crippen LogP contribution in [0.15, 0.2) is 0 Å². The maximum Gasteiger partial charge on any atom is 0.243 e. The van der Waals surface area contributed by atoms with Crippen LogP contribution in [-0.2, 0) is 71.9 Å². The van der Waals surface area contributed by atoms with Gasteiger partial charge in [-0.25, -0.2) is 0 Å². The number of hydrogen-bond acceptors (Lipinski definition) is 22. The molecule has 0 fully saturated rings. The fourth-order valence-corrected chi connectivity index (χ4v) is 14.6. The highest BCUT2D eigenvalue weighted by molar-refractivity contribution is 6.00. The molecule has 0 rings (SSSR count). The van der Waals surface area contributed by atoms with E-state index in [4.69, 9.17) is 45.9 Å². The van der Waals surface area contributed by atoms with Crippen LogP contribution in [0.1, 0.15) is 298 Å². The Bertz CT molecular complexity index is 3290. The molecule has 37 nitrogen and oxygen atoms in total. The van der Waals surface area contributed by atoms with Gasteiger partial charge in [0.25, 0.3) is 0 Å². The molecule has 0 unspecified atom stereocenters. The second-order valence-electron chi connectivity index (χ2n) is 38.3. The van der Waals surface area contributed by atoms with Gasteiger partial charge in [0.05, 0.1) is 12.1 Å². The Balaban J connectivity index is 7.31. The molecule has 37 heteroatoms. The molecule has 0 aliphatic rings. The Labute approximate surface area is 758 Å². The summed E-state index contributed by atoms with van der Waals surface area (Å²) in [5, 5.41) is 39.5. The van der Waals surface area contributed by atoms with E-state index in [9.17, 15) is 71.9 Å². The first kappa shape index (κ1) is 119. The van der Waals surface area contributed by atoms with E-state index >= 15 is 0 Å². The summed E-state index contributed by atoms with van der Waals surface area (Å²) in [5.41, 5.74) is 47.6. The van der Waals surface area contributed by atoms with Crippen molar-refractivity contribution in [3.8, 4) is 0 Å². The van der Waals surface area contributed by atoms with E-state index in [0.29, 0.717) is 90.0 Å². The molecule has 0 aromatic rings. The second kappa shape index (κ2) is 66.2. The van der Waals surface area contributed by atoms with Crippen molar-refractivity contribution in [1.29, 1.82) is 0 Å². The molecule has 0 saturated carbocycles. The molecule has 734 valence electrons. The van der Waals surface area contributed by atoms with Crippen molar-refractivity contribution in [3.05, 3.63) is 0 Å². The SMILES string of the molecule is CC(C)C[C@H](NC(=O)[C@H](CC(C)C)NC(=O)[C@H](CCCCN)NC(=O)[C@H](CC(C)C)NC(=O)[C@H](CC(C)C)NC(=O)[C@H](CCCCN)NC(=O)[C@H](CCCCN)NC(=O)[C@H](CC(C)C)NC(=O)[C@H](CC(C)C)NC(=O)[C@H](CCCCN)NC(=O)[C@H](CCCCN)NC(=O)[C@H](CC(C)C)NC(=O)[C@H](CC(C)C)NC(=O)[C@@H](N)CCCCNC(=O)[C@@H](N)CC(C)C)C(N)=O. The molecule has 0 aromatic carbocycles. The topological polar surface area (TPSA) is 633 Å². The number of primary amides is 1. The summed E-state index contributed by atoms with van der Waals surface area (Å²) in [6, 6.07) is -17.6. The summed E-state index contributed by atoms with van der Waals surface area (Å²) in [4.78, 5) is 214. The Hall–Kier alpha value is -8.23. The summed E-state index contributed by atoms with van der Waals surface area (Å²) >= 11 is 0.